The number of nitrogen functional groups attached to an aromatic ring is 1. The smallest absolute Gasteiger partial charge is 0.172 e. The molecule has 0 saturated carbocycles. The fourth-order valence-corrected chi connectivity index (χ4v) is 2.35. The van der Waals surface area contributed by atoms with E-state index in [1.54, 1.807) is 6.20 Å². The van der Waals surface area contributed by atoms with Crippen LogP contribution in [0.4, 0.5) is 5.69 Å². The third kappa shape index (κ3) is 1.97. The van der Waals surface area contributed by atoms with Crippen LogP contribution in [0.5, 0.6) is 0 Å². The molecule has 3 aromatic rings. The molecule has 0 bridgehead atoms. The van der Waals surface area contributed by atoms with Crippen molar-refractivity contribution in [3.05, 3.63) is 42.6 Å². The number of H-pyrrole nitrogens is 1. The summed E-state index contributed by atoms with van der Waals surface area (Å²) in [4.78, 5) is 11.9. The molecule has 0 aliphatic carbocycles. The number of aromatic nitrogens is 3. The van der Waals surface area contributed by atoms with E-state index in [4.69, 9.17) is 5.73 Å². The van der Waals surface area contributed by atoms with Crippen molar-refractivity contribution >= 4 is 28.5 Å². The zero-order chi connectivity index (χ0) is 11.7. The number of nitrogens with zero attached hydrogens (tertiary/aromatic N) is 2. The van der Waals surface area contributed by atoms with Gasteiger partial charge in [-0.3, -0.25) is 0 Å². The van der Waals surface area contributed by atoms with E-state index in [2.05, 4.69) is 15.0 Å². The van der Waals surface area contributed by atoms with Crippen LogP contribution in [0.3, 0.4) is 0 Å². The highest BCUT2D eigenvalue weighted by Crippen LogP contribution is 2.28. The summed E-state index contributed by atoms with van der Waals surface area (Å²) in [5, 5.41) is 1.57. The molecular weight excluding hydrogens is 232 g/mol. The molecular formula is C12H10N4S. The molecule has 84 valence electrons. The Bertz CT molecular complexity index is 629. The molecule has 0 fully saturated rings. The van der Waals surface area contributed by atoms with Gasteiger partial charge in [0.15, 0.2) is 5.16 Å². The monoisotopic (exact) mass is 242 g/mol. The molecule has 0 unspecified atom stereocenters. The van der Waals surface area contributed by atoms with Crippen LogP contribution in [0.1, 0.15) is 0 Å². The number of hydrogen-bond acceptors (Lipinski definition) is 4. The molecule has 2 aromatic heterocycles. The maximum Gasteiger partial charge on any atom is 0.172 e. The van der Waals surface area contributed by atoms with E-state index in [0.29, 0.717) is 5.69 Å². The first-order valence-electron chi connectivity index (χ1n) is 5.16. The van der Waals surface area contributed by atoms with Crippen molar-refractivity contribution in [2.24, 2.45) is 0 Å². The number of benzene rings is 1. The first-order chi connectivity index (χ1) is 8.33. The van der Waals surface area contributed by atoms with Crippen molar-refractivity contribution in [2.75, 3.05) is 5.73 Å². The van der Waals surface area contributed by atoms with Crippen LogP contribution in [0.15, 0.2) is 52.8 Å². The Hall–Kier alpha value is -2.01. The van der Waals surface area contributed by atoms with Crippen molar-refractivity contribution in [3.8, 4) is 0 Å². The van der Waals surface area contributed by atoms with Crippen LogP contribution in [0, 0.1) is 0 Å². The summed E-state index contributed by atoms with van der Waals surface area (Å²) in [6.45, 7) is 0. The Morgan fingerprint density at radius 3 is 2.82 bits per heavy atom. The summed E-state index contributed by atoms with van der Waals surface area (Å²) >= 11 is 1.44. The normalized spacial score (nSPS) is 10.8. The number of rotatable bonds is 2. The number of fused-ring (bicyclic) bond motifs is 1. The van der Waals surface area contributed by atoms with Crippen LogP contribution in [0.25, 0.3) is 11.0 Å². The van der Waals surface area contributed by atoms with Crippen molar-refractivity contribution in [1.82, 2.24) is 15.0 Å². The quantitative estimate of drug-likeness (QED) is 0.725. The van der Waals surface area contributed by atoms with E-state index < -0.39 is 0 Å². The second kappa shape index (κ2) is 4.10. The molecule has 4 nitrogen and oxygen atoms in total. The van der Waals surface area contributed by atoms with Crippen LogP contribution in [-0.2, 0) is 0 Å². The van der Waals surface area contributed by atoms with Gasteiger partial charge in [0.1, 0.15) is 5.03 Å². The van der Waals surface area contributed by atoms with Crippen molar-refractivity contribution in [2.45, 2.75) is 10.2 Å². The number of aromatic amines is 1. The van der Waals surface area contributed by atoms with Crippen LogP contribution < -0.4 is 5.73 Å². The lowest BCUT2D eigenvalue weighted by Gasteiger charge is -1.99. The molecule has 2 heterocycles. The Morgan fingerprint density at radius 1 is 1.12 bits per heavy atom. The van der Waals surface area contributed by atoms with Crippen molar-refractivity contribution < 1.29 is 0 Å². The SMILES string of the molecule is Nc1cccnc1Sc1nc2ccccc2[nH]1. The van der Waals surface area contributed by atoms with Gasteiger partial charge in [0.2, 0.25) is 0 Å². The molecule has 0 aliphatic heterocycles. The van der Waals surface area contributed by atoms with E-state index in [9.17, 15) is 0 Å². The standard InChI is InChI=1S/C12H10N4S/c13-8-4-3-7-14-11(8)17-12-15-9-5-1-2-6-10(9)16-12/h1-7H,13H2,(H,15,16). The maximum absolute atomic E-state index is 5.84. The zero-order valence-corrected chi connectivity index (χ0v) is 9.74. The van der Waals surface area contributed by atoms with E-state index in [-0.39, 0.29) is 0 Å². The summed E-state index contributed by atoms with van der Waals surface area (Å²) in [7, 11) is 0. The minimum Gasteiger partial charge on any atom is -0.397 e. The molecule has 1 aromatic carbocycles. The van der Waals surface area contributed by atoms with Gasteiger partial charge in [0.05, 0.1) is 16.7 Å². The molecule has 0 amide bonds. The van der Waals surface area contributed by atoms with Crippen LogP contribution >= 0.6 is 11.8 Å². The first-order valence-corrected chi connectivity index (χ1v) is 5.98. The highest BCUT2D eigenvalue weighted by atomic mass is 32.2. The van der Waals surface area contributed by atoms with Gasteiger partial charge in [-0.2, -0.15) is 0 Å². The van der Waals surface area contributed by atoms with Gasteiger partial charge in [-0.1, -0.05) is 12.1 Å². The number of hydrogen-bond donors (Lipinski definition) is 2. The van der Waals surface area contributed by atoms with Gasteiger partial charge in [0.25, 0.3) is 0 Å². The molecule has 5 heteroatoms. The molecule has 0 radical (unpaired) electrons. The van der Waals surface area contributed by atoms with Gasteiger partial charge in [-0.25, -0.2) is 9.97 Å². The average molecular weight is 242 g/mol. The van der Waals surface area contributed by atoms with Crippen molar-refractivity contribution in [3.63, 3.8) is 0 Å². The predicted molar refractivity (Wildman–Crippen MR) is 68.9 cm³/mol. The number of para-hydroxylation sites is 2. The number of anilines is 1. The number of imidazole rings is 1. The van der Waals surface area contributed by atoms with Gasteiger partial charge in [0, 0.05) is 6.20 Å². The third-order valence-electron chi connectivity index (χ3n) is 2.36. The van der Waals surface area contributed by atoms with Gasteiger partial charge < -0.3 is 10.7 Å². The predicted octanol–water partition coefficient (Wildman–Crippen LogP) is 2.69. The van der Waals surface area contributed by atoms with E-state index in [1.807, 2.05) is 36.4 Å². The van der Waals surface area contributed by atoms with Gasteiger partial charge in [-0.15, -0.1) is 0 Å². The lowest BCUT2D eigenvalue weighted by Crippen LogP contribution is -1.90. The highest BCUT2D eigenvalue weighted by molar-refractivity contribution is 7.99. The average Bonchev–Trinajstić information content (AvgIpc) is 2.74. The van der Waals surface area contributed by atoms with Crippen LogP contribution in [-0.4, -0.2) is 15.0 Å². The number of nitrogens with one attached hydrogen (secondary N) is 1. The molecule has 17 heavy (non-hydrogen) atoms. The molecule has 0 saturated heterocycles. The van der Waals surface area contributed by atoms with E-state index in [0.717, 1.165) is 21.2 Å². The number of pyridine rings is 1. The van der Waals surface area contributed by atoms with Crippen molar-refractivity contribution in [1.29, 1.82) is 0 Å². The highest BCUT2D eigenvalue weighted by Gasteiger charge is 2.06. The fraction of sp³-hybridized carbons (Fsp3) is 0. The number of nitrogens with two attached hydrogens (primary N) is 1. The minimum atomic E-state index is 0.665. The Balaban J connectivity index is 1.98. The maximum atomic E-state index is 5.84. The molecule has 3 N–H and O–H groups in total. The first kappa shape index (κ1) is 10.2. The molecule has 0 aliphatic rings. The fourth-order valence-electron chi connectivity index (χ4n) is 1.56. The summed E-state index contributed by atoms with van der Waals surface area (Å²) < 4.78 is 0. The van der Waals surface area contributed by atoms with Gasteiger partial charge >= 0.3 is 0 Å². The summed E-state index contributed by atoms with van der Waals surface area (Å²) in [5.74, 6) is 0. The lowest BCUT2D eigenvalue weighted by molar-refractivity contribution is 1.06. The molecule has 0 spiro atoms. The molecule has 3 rings (SSSR count). The largest absolute Gasteiger partial charge is 0.397 e. The van der Waals surface area contributed by atoms with E-state index in [1.165, 1.54) is 11.8 Å². The zero-order valence-electron chi connectivity index (χ0n) is 8.92. The Morgan fingerprint density at radius 2 is 2.00 bits per heavy atom. The summed E-state index contributed by atoms with van der Waals surface area (Å²) in [5.41, 5.74) is 8.47. The second-order valence-electron chi connectivity index (χ2n) is 3.56. The third-order valence-corrected chi connectivity index (χ3v) is 3.28. The molecule has 0 atom stereocenters. The Kier molecular flexibility index (Phi) is 2.45. The van der Waals surface area contributed by atoms with Gasteiger partial charge in [-0.05, 0) is 36.0 Å². The topological polar surface area (TPSA) is 67.6 Å². The summed E-state index contributed by atoms with van der Waals surface area (Å²) in [6, 6.07) is 11.6. The minimum absolute atomic E-state index is 0.665. The lowest BCUT2D eigenvalue weighted by atomic mass is 10.3. The Labute approximate surface area is 102 Å². The second-order valence-corrected chi connectivity index (χ2v) is 4.54. The van der Waals surface area contributed by atoms with E-state index >= 15 is 0 Å². The van der Waals surface area contributed by atoms with Crippen LogP contribution in [0.2, 0.25) is 0 Å². The summed E-state index contributed by atoms with van der Waals surface area (Å²) in [6.07, 6.45) is 1.72.